The first-order valence-corrected chi connectivity index (χ1v) is 6.69. The summed E-state index contributed by atoms with van der Waals surface area (Å²) < 4.78 is 5.35. The third-order valence-electron chi connectivity index (χ3n) is 3.54. The number of carbonyl (C=O) groups is 1. The average molecular weight is 272 g/mol. The van der Waals surface area contributed by atoms with Crippen molar-refractivity contribution in [2.24, 2.45) is 0 Å². The molecule has 1 saturated heterocycles. The minimum absolute atomic E-state index is 0.107. The quantitative estimate of drug-likeness (QED) is 0.877. The van der Waals surface area contributed by atoms with Crippen LogP contribution in [0.15, 0.2) is 29.1 Å². The van der Waals surface area contributed by atoms with Crippen LogP contribution in [-0.4, -0.2) is 23.6 Å². The number of hydrogen-bond acceptors (Lipinski definition) is 3. The van der Waals surface area contributed by atoms with E-state index in [4.69, 9.17) is 4.74 Å². The van der Waals surface area contributed by atoms with Gasteiger partial charge in [-0.15, -0.1) is 0 Å². The van der Waals surface area contributed by atoms with Crippen molar-refractivity contribution < 1.29 is 9.53 Å². The van der Waals surface area contributed by atoms with E-state index < -0.39 is 0 Å². The molecule has 2 N–H and O–H groups in total. The summed E-state index contributed by atoms with van der Waals surface area (Å²) in [6.45, 7) is 2.53. The van der Waals surface area contributed by atoms with Gasteiger partial charge in [0.15, 0.2) is 0 Å². The minimum atomic E-state index is -0.345. The number of aromatic nitrogens is 1. The van der Waals surface area contributed by atoms with Gasteiger partial charge in [-0.05, 0) is 43.5 Å². The predicted octanol–water partition coefficient (Wildman–Crippen LogP) is 1.95. The van der Waals surface area contributed by atoms with Crippen LogP contribution >= 0.6 is 0 Å². The maximum atomic E-state index is 12.0. The molecule has 1 aromatic heterocycles. The summed E-state index contributed by atoms with van der Waals surface area (Å²) in [4.78, 5) is 26.2. The molecule has 5 nitrogen and oxygen atoms in total. The van der Waals surface area contributed by atoms with Gasteiger partial charge >= 0.3 is 0 Å². The Morgan fingerprint density at radius 3 is 3.00 bits per heavy atom. The van der Waals surface area contributed by atoms with Crippen molar-refractivity contribution in [1.29, 1.82) is 0 Å². The van der Waals surface area contributed by atoms with Crippen molar-refractivity contribution in [2.75, 3.05) is 11.9 Å². The lowest BCUT2D eigenvalue weighted by Gasteiger charge is -2.11. The van der Waals surface area contributed by atoms with Crippen LogP contribution < -0.4 is 10.9 Å². The molecule has 1 fully saturated rings. The number of pyridine rings is 1. The molecule has 5 heteroatoms. The first-order valence-electron chi connectivity index (χ1n) is 6.69. The molecule has 0 radical (unpaired) electrons. The van der Waals surface area contributed by atoms with Gasteiger partial charge in [0.2, 0.25) is 5.56 Å². The van der Waals surface area contributed by atoms with E-state index in [1.54, 1.807) is 18.2 Å². The Morgan fingerprint density at radius 2 is 2.25 bits per heavy atom. The van der Waals surface area contributed by atoms with Crippen LogP contribution in [0.2, 0.25) is 0 Å². The lowest BCUT2D eigenvalue weighted by Crippen LogP contribution is -2.26. The average Bonchev–Trinajstić information content (AvgIpc) is 2.93. The normalized spacial score (nSPS) is 18.4. The van der Waals surface area contributed by atoms with E-state index >= 15 is 0 Å². The van der Waals surface area contributed by atoms with Gasteiger partial charge < -0.3 is 15.0 Å². The molecule has 1 atom stereocenters. The van der Waals surface area contributed by atoms with E-state index in [1.165, 1.54) is 0 Å². The Bertz CT molecular complexity index is 715. The van der Waals surface area contributed by atoms with Gasteiger partial charge in [-0.3, -0.25) is 9.59 Å². The molecule has 0 saturated carbocycles. The molecule has 0 bridgehead atoms. The zero-order chi connectivity index (χ0) is 14.1. The molecule has 3 rings (SSSR count). The molecule has 2 aromatic rings. The van der Waals surface area contributed by atoms with Crippen LogP contribution in [0.25, 0.3) is 10.9 Å². The van der Waals surface area contributed by atoms with Crippen LogP contribution in [0.4, 0.5) is 5.69 Å². The highest BCUT2D eigenvalue weighted by Gasteiger charge is 2.23. The number of aromatic amines is 1. The topological polar surface area (TPSA) is 71.2 Å². The van der Waals surface area contributed by atoms with E-state index in [1.807, 2.05) is 13.0 Å². The highest BCUT2D eigenvalue weighted by Crippen LogP contribution is 2.21. The third kappa shape index (κ3) is 2.44. The molecule has 20 heavy (non-hydrogen) atoms. The summed E-state index contributed by atoms with van der Waals surface area (Å²) in [6, 6.07) is 7.00. The summed E-state index contributed by atoms with van der Waals surface area (Å²) >= 11 is 0. The number of amides is 1. The molecule has 104 valence electrons. The lowest BCUT2D eigenvalue weighted by atomic mass is 10.1. The van der Waals surface area contributed by atoms with Gasteiger partial charge in [-0.2, -0.15) is 0 Å². The van der Waals surface area contributed by atoms with Gasteiger partial charge in [0.25, 0.3) is 5.91 Å². The second-order valence-corrected chi connectivity index (χ2v) is 5.07. The monoisotopic (exact) mass is 272 g/mol. The number of rotatable bonds is 2. The van der Waals surface area contributed by atoms with Crippen LogP contribution in [0, 0.1) is 6.92 Å². The summed E-state index contributed by atoms with van der Waals surface area (Å²) in [6.07, 6.45) is 1.35. The van der Waals surface area contributed by atoms with E-state index in [0.717, 1.165) is 29.3 Å². The highest BCUT2D eigenvalue weighted by atomic mass is 16.5. The van der Waals surface area contributed by atoms with Crippen molar-refractivity contribution in [1.82, 2.24) is 4.98 Å². The largest absolute Gasteiger partial charge is 0.368 e. The fourth-order valence-electron chi connectivity index (χ4n) is 2.51. The molecule has 1 amide bonds. The molecule has 2 heterocycles. The smallest absolute Gasteiger partial charge is 0.253 e. The molecule has 0 aliphatic carbocycles. The minimum Gasteiger partial charge on any atom is -0.368 e. The molecular weight excluding hydrogens is 256 g/mol. The highest BCUT2D eigenvalue weighted by molar-refractivity contribution is 5.96. The Kier molecular flexibility index (Phi) is 3.28. The Labute approximate surface area is 116 Å². The van der Waals surface area contributed by atoms with Crippen LogP contribution in [-0.2, 0) is 9.53 Å². The first-order chi connectivity index (χ1) is 9.63. The van der Waals surface area contributed by atoms with E-state index in [9.17, 15) is 9.59 Å². The molecule has 1 aromatic carbocycles. The second-order valence-electron chi connectivity index (χ2n) is 5.07. The van der Waals surface area contributed by atoms with E-state index in [-0.39, 0.29) is 17.6 Å². The number of aryl methyl sites for hydroxylation is 1. The maximum absolute atomic E-state index is 12.0. The molecule has 1 aliphatic rings. The van der Waals surface area contributed by atoms with Gasteiger partial charge in [0.05, 0.1) is 0 Å². The Morgan fingerprint density at radius 1 is 1.40 bits per heavy atom. The summed E-state index contributed by atoms with van der Waals surface area (Å²) in [5.41, 5.74) is 2.25. The number of anilines is 1. The molecule has 1 aliphatic heterocycles. The van der Waals surface area contributed by atoms with Crippen LogP contribution in [0.5, 0.6) is 0 Å². The molecular formula is C15H16N2O3. The van der Waals surface area contributed by atoms with E-state index in [2.05, 4.69) is 10.3 Å². The number of hydrogen-bond donors (Lipinski definition) is 2. The van der Waals surface area contributed by atoms with Crippen LogP contribution in [0.3, 0.4) is 0 Å². The Hall–Kier alpha value is -2.14. The fourth-order valence-corrected chi connectivity index (χ4v) is 2.51. The van der Waals surface area contributed by atoms with Crippen molar-refractivity contribution in [3.63, 3.8) is 0 Å². The van der Waals surface area contributed by atoms with Crippen molar-refractivity contribution in [3.05, 3.63) is 40.2 Å². The van der Waals surface area contributed by atoms with Crippen molar-refractivity contribution in [3.8, 4) is 0 Å². The molecule has 0 spiro atoms. The number of carbonyl (C=O) groups excluding carboxylic acids is 1. The van der Waals surface area contributed by atoms with Gasteiger partial charge in [0.1, 0.15) is 6.10 Å². The van der Waals surface area contributed by atoms with Crippen molar-refractivity contribution in [2.45, 2.75) is 25.9 Å². The third-order valence-corrected chi connectivity index (χ3v) is 3.54. The predicted molar refractivity (Wildman–Crippen MR) is 76.9 cm³/mol. The number of nitrogens with one attached hydrogen (secondary N) is 2. The number of benzene rings is 1. The van der Waals surface area contributed by atoms with Gasteiger partial charge in [-0.25, -0.2) is 0 Å². The summed E-state index contributed by atoms with van der Waals surface area (Å²) in [7, 11) is 0. The molecule has 0 unspecified atom stereocenters. The van der Waals surface area contributed by atoms with E-state index in [0.29, 0.717) is 12.3 Å². The maximum Gasteiger partial charge on any atom is 0.253 e. The van der Waals surface area contributed by atoms with Gasteiger partial charge in [0, 0.05) is 29.3 Å². The summed E-state index contributed by atoms with van der Waals surface area (Å²) in [5, 5.41) is 3.79. The number of H-pyrrole nitrogens is 1. The SMILES string of the molecule is Cc1cc(=O)[nH]c2ccc(NC(=O)[C@H]3CCCO3)cc12. The summed E-state index contributed by atoms with van der Waals surface area (Å²) in [5.74, 6) is -0.107. The number of ether oxygens (including phenoxy) is 1. The number of fused-ring (bicyclic) bond motifs is 1. The second kappa shape index (κ2) is 5.09. The lowest BCUT2D eigenvalue weighted by molar-refractivity contribution is -0.124. The zero-order valence-electron chi connectivity index (χ0n) is 11.2. The Balaban J connectivity index is 1.89. The van der Waals surface area contributed by atoms with Crippen molar-refractivity contribution >= 4 is 22.5 Å². The fraction of sp³-hybridized carbons (Fsp3) is 0.333. The first kappa shape index (κ1) is 12.9. The van der Waals surface area contributed by atoms with Gasteiger partial charge in [-0.1, -0.05) is 0 Å². The standard InChI is InChI=1S/C15H16N2O3/c1-9-7-14(18)17-12-5-4-10(8-11(9)12)16-15(19)13-3-2-6-20-13/h4-5,7-8,13H,2-3,6H2,1H3,(H,16,19)(H,17,18)/t13-/m1/s1. The zero-order valence-corrected chi connectivity index (χ0v) is 11.2. The van der Waals surface area contributed by atoms with Crippen LogP contribution in [0.1, 0.15) is 18.4 Å².